The summed E-state index contributed by atoms with van der Waals surface area (Å²) in [7, 11) is 0. The number of H-pyrrole nitrogens is 1. The zero-order valence-corrected chi connectivity index (χ0v) is 13.5. The molecular weight excluding hydrogens is 280 g/mol. The van der Waals surface area contributed by atoms with E-state index in [1.165, 1.54) is 0 Å². The first-order valence-corrected chi connectivity index (χ1v) is 7.51. The van der Waals surface area contributed by atoms with Crippen molar-refractivity contribution in [2.24, 2.45) is 5.92 Å². The molecule has 0 aliphatic rings. The number of nitrogens with zero attached hydrogens (tertiary/aromatic N) is 1. The van der Waals surface area contributed by atoms with Crippen molar-refractivity contribution < 1.29 is 9.90 Å². The summed E-state index contributed by atoms with van der Waals surface area (Å²) in [5.41, 5.74) is 0.878. The highest BCUT2D eigenvalue weighted by molar-refractivity contribution is 5.76. The molecule has 2 unspecified atom stereocenters. The van der Waals surface area contributed by atoms with Crippen molar-refractivity contribution in [1.29, 1.82) is 0 Å². The molecule has 0 saturated heterocycles. The summed E-state index contributed by atoms with van der Waals surface area (Å²) >= 11 is 0. The lowest BCUT2D eigenvalue weighted by atomic mass is 9.93. The zero-order valence-electron chi connectivity index (χ0n) is 13.5. The second-order valence-corrected chi connectivity index (χ2v) is 6.20. The minimum absolute atomic E-state index is 0.0561. The van der Waals surface area contributed by atoms with Gasteiger partial charge in [-0.25, -0.2) is 9.78 Å². The molecule has 0 radical (unpaired) electrons. The number of rotatable bonds is 5. The molecular formula is C16H24N4O2. The maximum Gasteiger partial charge on any atom is 0.315 e. The number of nitrogens with one attached hydrogen (secondary N) is 3. The summed E-state index contributed by atoms with van der Waals surface area (Å²) in [5.74, 6) is 0.757. The van der Waals surface area contributed by atoms with E-state index >= 15 is 0 Å². The molecule has 0 spiro atoms. The van der Waals surface area contributed by atoms with Crippen LogP contribution < -0.4 is 10.6 Å². The Morgan fingerprint density at radius 2 is 2.05 bits per heavy atom. The predicted octanol–water partition coefficient (Wildman–Crippen LogP) is 2.33. The van der Waals surface area contributed by atoms with Crippen molar-refractivity contribution in [3.05, 3.63) is 30.1 Å². The van der Waals surface area contributed by atoms with Crippen LogP contribution in [-0.2, 0) is 0 Å². The lowest BCUT2D eigenvalue weighted by molar-refractivity contribution is 0.0165. The van der Waals surface area contributed by atoms with Crippen LogP contribution in [0.15, 0.2) is 24.3 Å². The van der Waals surface area contributed by atoms with Crippen molar-refractivity contribution in [2.75, 3.05) is 6.54 Å². The Bertz CT molecular complexity index is 615. The quantitative estimate of drug-likeness (QED) is 0.683. The van der Waals surface area contributed by atoms with Crippen LogP contribution in [0.2, 0.25) is 0 Å². The predicted molar refractivity (Wildman–Crippen MR) is 86.5 cm³/mol. The van der Waals surface area contributed by atoms with Gasteiger partial charge in [-0.15, -0.1) is 0 Å². The average Bonchev–Trinajstić information content (AvgIpc) is 2.89. The highest BCUT2D eigenvalue weighted by Crippen LogP contribution is 2.16. The minimum Gasteiger partial charge on any atom is -0.388 e. The summed E-state index contributed by atoms with van der Waals surface area (Å²) in [5, 5.41) is 15.6. The summed E-state index contributed by atoms with van der Waals surface area (Å²) in [6, 6.07) is 7.14. The van der Waals surface area contributed by atoms with Gasteiger partial charge in [0.2, 0.25) is 0 Å². The van der Waals surface area contributed by atoms with E-state index in [0.717, 1.165) is 11.0 Å². The van der Waals surface area contributed by atoms with Gasteiger partial charge in [0.1, 0.15) is 5.82 Å². The number of benzene rings is 1. The first kappa shape index (κ1) is 16.3. The summed E-state index contributed by atoms with van der Waals surface area (Å²) in [6.07, 6.45) is 0. The average molecular weight is 304 g/mol. The van der Waals surface area contributed by atoms with Gasteiger partial charge in [-0.05, 0) is 31.9 Å². The Kier molecular flexibility index (Phi) is 4.71. The molecule has 1 aromatic heterocycles. The summed E-state index contributed by atoms with van der Waals surface area (Å²) in [4.78, 5) is 19.6. The molecule has 2 atom stereocenters. The normalized spacial score (nSPS) is 15.5. The van der Waals surface area contributed by atoms with E-state index in [9.17, 15) is 9.90 Å². The van der Waals surface area contributed by atoms with Gasteiger partial charge in [0.05, 0.1) is 22.7 Å². The fourth-order valence-electron chi connectivity index (χ4n) is 1.96. The van der Waals surface area contributed by atoms with Crippen LogP contribution in [0.3, 0.4) is 0 Å². The largest absolute Gasteiger partial charge is 0.388 e. The Morgan fingerprint density at radius 3 is 2.68 bits per heavy atom. The highest BCUT2D eigenvalue weighted by Gasteiger charge is 2.25. The molecule has 6 heteroatoms. The number of fused-ring (bicyclic) bond motifs is 1. The van der Waals surface area contributed by atoms with Crippen LogP contribution in [0, 0.1) is 5.92 Å². The van der Waals surface area contributed by atoms with E-state index in [-0.39, 0.29) is 24.5 Å². The van der Waals surface area contributed by atoms with Crippen LogP contribution in [0.4, 0.5) is 4.79 Å². The second-order valence-electron chi connectivity index (χ2n) is 6.20. The van der Waals surface area contributed by atoms with E-state index < -0.39 is 5.60 Å². The van der Waals surface area contributed by atoms with Gasteiger partial charge >= 0.3 is 6.03 Å². The maximum absolute atomic E-state index is 11.9. The number of aromatic amines is 1. The van der Waals surface area contributed by atoms with E-state index in [2.05, 4.69) is 20.6 Å². The Balaban J connectivity index is 1.93. The van der Waals surface area contributed by atoms with Crippen molar-refractivity contribution in [3.8, 4) is 0 Å². The molecule has 0 bridgehead atoms. The smallest absolute Gasteiger partial charge is 0.315 e. The number of amides is 2. The first-order chi connectivity index (χ1) is 10.3. The number of hydrogen-bond acceptors (Lipinski definition) is 3. The molecule has 1 heterocycles. The third-order valence-corrected chi connectivity index (χ3v) is 4.02. The summed E-state index contributed by atoms with van der Waals surface area (Å²) < 4.78 is 0. The molecule has 2 amide bonds. The van der Waals surface area contributed by atoms with Gasteiger partial charge < -0.3 is 20.7 Å². The SMILES string of the molecule is CC(NC(=O)NCC(C)(O)C(C)C)c1nc2ccccc2[nH]1. The van der Waals surface area contributed by atoms with E-state index in [1.54, 1.807) is 6.92 Å². The Morgan fingerprint density at radius 1 is 1.36 bits per heavy atom. The third-order valence-electron chi connectivity index (χ3n) is 4.02. The first-order valence-electron chi connectivity index (χ1n) is 7.51. The van der Waals surface area contributed by atoms with Crippen LogP contribution in [0.5, 0.6) is 0 Å². The number of carbonyl (C=O) groups is 1. The maximum atomic E-state index is 11.9. The van der Waals surface area contributed by atoms with Gasteiger partial charge in [-0.1, -0.05) is 26.0 Å². The fourth-order valence-corrected chi connectivity index (χ4v) is 1.96. The molecule has 0 saturated carbocycles. The molecule has 0 aliphatic carbocycles. The lowest BCUT2D eigenvalue weighted by Gasteiger charge is -2.28. The van der Waals surface area contributed by atoms with Gasteiger partial charge in [-0.2, -0.15) is 0 Å². The van der Waals surface area contributed by atoms with E-state index in [4.69, 9.17) is 0 Å². The van der Waals surface area contributed by atoms with E-state index in [1.807, 2.05) is 45.0 Å². The number of carbonyl (C=O) groups excluding carboxylic acids is 1. The molecule has 22 heavy (non-hydrogen) atoms. The number of imidazole rings is 1. The molecule has 1 aromatic carbocycles. The second kappa shape index (κ2) is 6.36. The molecule has 6 nitrogen and oxygen atoms in total. The monoisotopic (exact) mass is 304 g/mol. The molecule has 2 rings (SSSR count). The molecule has 4 N–H and O–H groups in total. The lowest BCUT2D eigenvalue weighted by Crippen LogP contribution is -2.47. The van der Waals surface area contributed by atoms with Crippen LogP contribution in [-0.4, -0.2) is 33.3 Å². The van der Waals surface area contributed by atoms with Gasteiger partial charge in [0.15, 0.2) is 0 Å². The van der Waals surface area contributed by atoms with Gasteiger partial charge in [0, 0.05) is 6.54 Å². The molecule has 2 aromatic rings. The van der Waals surface area contributed by atoms with Crippen LogP contribution in [0.25, 0.3) is 11.0 Å². The van der Waals surface area contributed by atoms with Gasteiger partial charge in [-0.3, -0.25) is 0 Å². The van der Waals surface area contributed by atoms with Crippen LogP contribution in [0.1, 0.15) is 39.6 Å². The number of aliphatic hydroxyl groups is 1. The zero-order chi connectivity index (χ0) is 16.3. The number of urea groups is 1. The van der Waals surface area contributed by atoms with Crippen molar-refractivity contribution in [1.82, 2.24) is 20.6 Å². The fraction of sp³-hybridized carbons (Fsp3) is 0.500. The number of aromatic nitrogens is 2. The number of hydrogen-bond donors (Lipinski definition) is 4. The van der Waals surface area contributed by atoms with Crippen LogP contribution >= 0.6 is 0 Å². The number of para-hydroxylation sites is 2. The molecule has 0 aliphatic heterocycles. The Labute approximate surface area is 130 Å². The van der Waals surface area contributed by atoms with Crippen molar-refractivity contribution >= 4 is 17.1 Å². The highest BCUT2D eigenvalue weighted by atomic mass is 16.3. The van der Waals surface area contributed by atoms with Crippen molar-refractivity contribution in [3.63, 3.8) is 0 Å². The Hall–Kier alpha value is -2.08. The van der Waals surface area contributed by atoms with Gasteiger partial charge in [0.25, 0.3) is 0 Å². The topological polar surface area (TPSA) is 90.0 Å². The summed E-state index contributed by atoms with van der Waals surface area (Å²) in [6.45, 7) is 7.59. The molecule has 120 valence electrons. The minimum atomic E-state index is -0.931. The standard InChI is InChI=1S/C16H24N4O2/c1-10(2)16(4,22)9-17-15(21)18-11(3)14-19-12-7-5-6-8-13(12)20-14/h5-8,10-11,22H,9H2,1-4H3,(H,19,20)(H2,17,18,21). The third kappa shape index (κ3) is 3.76. The van der Waals surface area contributed by atoms with Crippen molar-refractivity contribution in [2.45, 2.75) is 39.3 Å². The molecule has 0 fully saturated rings. The van der Waals surface area contributed by atoms with E-state index in [0.29, 0.717) is 5.82 Å².